The van der Waals surface area contributed by atoms with Crippen molar-refractivity contribution >= 4 is 23.3 Å². The van der Waals surface area contributed by atoms with Gasteiger partial charge in [-0.25, -0.2) is 0 Å². The zero-order valence-corrected chi connectivity index (χ0v) is 15.0. The first kappa shape index (κ1) is 16.8. The van der Waals surface area contributed by atoms with Crippen LogP contribution in [-0.4, -0.2) is 27.5 Å². The van der Waals surface area contributed by atoms with E-state index in [1.807, 2.05) is 6.07 Å². The van der Waals surface area contributed by atoms with Crippen LogP contribution in [0.25, 0.3) is 0 Å². The second-order valence-electron chi connectivity index (χ2n) is 6.41. The second kappa shape index (κ2) is 7.32. The Morgan fingerprint density at radius 1 is 1.12 bits per heavy atom. The summed E-state index contributed by atoms with van der Waals surface area (Å²) in [6.07, 6.45) is 1.000. The zero-order chi connectivity index (χ0) is 17.9. The molecule has 0 saturated heterocycles. The Balaban J connectivity index is 1.41. The Bertz CT molecular complexity index is 923. The van der Waals surface area contributed by atoms with E-state index < -0.39 is 0 Å². The maximum Gasteiger partial charge on any atom is 0.258 e. The molecule has 0 fully saturated rings. The van der Waals surface area contributed by atoms with Gasteiger partial charge in [-0.15, -0.1) is 0 Å². The van der Waals surface area contributed by atoms with Crippen LogP contribution in [0.1, 0.15) is 27.2 Å². The molecule has 0 radical (unpaired) electrons. The van der Waals surface area contributed by atoms with Crippen LogP contribution in [0.3, 0.4) is 0 Å². The predicted molar refractivity (Wildman–Crippen MR) is 102 cm³/mol. The molecular formula is C20H19ClN4O. The SMILES string of the molecule is O=C(Nc1n[nH]c2c1CN(CCc1ccccc1)C2)c1ccccc1Cl. The number of hydrogen-bond donors (Lipinski definition) is 2. The number of amides is 1. The quantitative estimate of drug-likeness (QED) is 0.720. The number of anilines is 1. The molecule has 0 bridgehead atoms. The van der Waals surface area contributed by atoms with Gasteiger partial charge in [-0.3, -0.25) is 14.8 Å². The lowest BCUT2D eigenvalue weighted by atomic mass is 10.1. The van der Waals surface area contributed by atoms with Crippen molar-refractivity contribution in [1.29, 1.82) is 0 Å². The Morgan fingerprint density at radius 2 is 1.88 bits per heavy atom. The van der Waals surface area contributed by atoms with Crippen LogP contribution in [0.5, 0.6) is 0 Å². The number of carbonyl (C=O) groups is 1. The fourth-order valence-corrected chi connectivity index (χ4v) is 3.44. The molecule has 4 rings (SSSR count). The largest absolute Gasteiger partial charge is 0.305 e. The van der Waals surface area contributed by atoms with Gasteiger partial charge in [0.05, 0.1) is 16.3 Å². The molecule has 0 spiro atoms. The van der Waals surface area contributed by atoms with Crippen molar-refractivity contribution < 1.29 is 4.79 Å². The van der Waals surface area contributed by atoms with E-state index in [4.69, 9.17) is 11.6 Å². The Morgan fingerprint density at radius 3 is 2.69 bits per heavy atom. The Hall–Kier alpha value is -2.63. The number of fused-ring (bicyclic) bond motifs is 1. The topological polar surface area (TPSA) is 61.0 Å². The molecule has 6 heteroatoms. The molecule has 1 aliphatic rings. The first-order valence-corrected chi connectivity index (χ1v) is 8.97. The highest BCUT2D eigenvalue weighted by atomic mass is 35.5. The fraction of sp³-hybridized carbons (Fsp3) is 0.200. The van der Waals surface area contributed by atoms with Gasteiger partial charge in [-0.2, -0.15) is 5.10 Å². The van der Waals surface area contributed by atoms with Crippen molar-refractivity contribution in [3.63, 3.8) is 0 Å². The molecular weight excluding hydrogens is 348 g/mol. The van der Waals surface area contributed by atoms with Gasteiger partial charge < -0.3 is 5.32 Å². The average molecular weight is 367 g/mol. The minimum atomic E-state index is -0.243. The molecule has 26 heavy (non-hydrogen) atoms. The lowest BCUT2D eigenvalue weighted by molar-refractivity contribution is 0.102. The third-order valence-electron chi connectivity index (χ3n) is 4.63. The third-order valence-corrected chi connectivity index (χ3v) is 4.96. The number of nitrogens with one attached hydrogen (secondary N) is 2. The number of H-pyrrole nitrogens is 1. The highest BCUT2D eigenvalue weighted by molar-refractivity contribution is 6.34. The van der Waals surface area contributed by atoms with Crippen molar-refractivity contribution in [1.82, 2.24) is 15.1 Å². The van der Waals surface area contributed by atoms with E-state index in [0.29, 0.717) is 16.4 Å². The summed E-state index contributed by atoms with van der Waals surface area (Å²) >= 11 is 6.10. The van der Waals surface area contributed by atoms with Gasteiger partial charge in [0, 0.05) is 25.2 Å². The number of rotatable bonds is 5. The van der Waals surface area contributed by atoms with Crippen molar-refractivity contribution in [2.24, 2.45) is 0 Å². The van der Waals surface area contributed by atoms with Crippen LogP contribution >= 0.6 is 11.6 Å². The van der Waals surface area contributed by atoms with Crippen molar-refractivity contribution in [2.75, 3.05) is 11.9 Å². The summed E-state index contributed by atoms with van der Waals surface area (Å²) in [5, 5.41) is 10.6. The number of hydrogen-bond acceptors (Lipinski definition) is 3. The molecule has 132 valence electrons. The minimum absolute atomic E-state index is 0.243. The lowest BCUT2D eigenvalue weighted by Crippen LogP contribution is -2.21. The second-order valence-corrected chi connectivity index (χ2v) is 6.82. The highest BCUT2D eigenvalue weighted by Gasteiger charge is 2.25. The summed E-state index contributed by atoms with van der Waals surface area (Å²) in [6.45, 7) is 2.55. The van der Waals surface area contributed by atoms with E-state index in [1.54, 1.807) is 24.3 Å². The Kier molecular flexibility index (Phi) is 4.73. The molecule has 1 aliphatic heterocycles. The molecule has 2 heterocycles. The summed E-state index contributed by atoms with van der Waals surface area (Å²) in [6, 6.07) is 17.5. The van der Waals surface area contributed by atoms with Crippen LogP contribution in [0.15, 0.2) is 54.6 Å². The summed E-state index contributed by atoms with van der Waals surface area (Å²) in [4.78, 5) is 14.8. The number of aromatic nitrogens is 2. The first-order valence-electron chi connectivity index (χ1n) is 8.59. The van der Waals surface area contributed by atoms with Gasteiger partial charge in [-0.05, 0) is 24.1 Å². The number of nitrogens with zero attached hydrogens (tertiary/aromatic N) is 2. The normalized spacial score (nSPS) is 13.6. The van der Waals surface area contributed by atoms with Crippen LogP contribution in [-0.2, 0) is 19.5 Å². The lowest BCUT2D eigenvalue weighted by Gasteiger charge is -2.15. The summed E-state index contributed by atoms with van der Waals surface area (Å²) in [7, 11) is 0. The summed E-state index contributed by atoms with van der Waals surface area (Å²) in [5.41, 5.74) is 3.89. The molecule has 0 atom stereocenters. The molecule has 2 N–H and O–H groups in total. The van der Waals surface area contributed by atoms with Crippen molar-refractivity contribution in [2.45, 2.75) is 19.5 Å². The zero-order valence-electron chi connectivity index (χ0n) is 14.2. The smallest absolute Gasteiger partial charge is 0.258 e. The van der Waals surface area contributed by atoms with Gasteiger partial charge in [0.1, 0.15) is 0 Å². The van der Waals surface area contributed by atoms with Crippen LogP contribution < -0.4 is 5.32 Å². The maximum absolute atomic E-state index is 12.5. The first-order chi connectivity index (χ1) is 12.7. The molecule has 1 aromatic heterocycles. The van der Waals surface area contributed by atoms with Gasteiger partial charge in [-0.1, -0.05) is 54.1 Å². The number of halogens is 1. The predicted octanol–water partition coefficient (Wildman–Crippen LogP) is 3.87. The van der Waals surface area contributed by atoms with E-state index in [1.165, 1.54) is 5.56 Å². The molecule has 5 nitrogen and oxygen atoms in total. The molecule has 0 saturated carbocycles. The van der Waals surface area contributed by atoms with Crippen LogP contribution in [0.2, 0.25) is 5.02 Å². The monoisotopic (exact) mass is 366 g/mol. The number of aromatic amines is 1. The third kappa shape index (κ3) is 3.49. The minimum Gasteiger partial charge on any atom is -0.305 e. The van der Waals surface area contributed by atoms with E-state index >= 15 is 0 Å². The van der Waals surface area contributed by atoms with Gasteiger partial charge >= 0.3 is 0 Å². The van der Waals surface area contributed by atoms with E-state index in [0.717, 1.165) is 37.3 Å². The van der Waals surface area contributed by atoms with Gasteiger partial charge in [0.25, 0.3) is 5.91 Å². The van der Waals surface area contributed by atoms with Crippen LogP contribution in [0.4, 0.5) is 5.82 Å². The fourth-order valence-electron chi connectivity index (χ4n) is 3.22. The van der Waals surface area contributed by atoms with E-state index in [2.05, 4.69) is 44.7 Å². The van der Waals surface area contributed by atoms with E-state index in [9.17, 15) is 4.79 Å². The number of benzene rings is 2. The van der Waals surface area contributed by atoms with Crippen LogP contribution in [0, 0.1) is 0 Å². The molecule has 0 aliphatic carbocycles. The van der Waals surface area contributed by atoms with Gasteiger partial charge in [0.2, 0.25) is 0 Å². The Labute approximate surface area is 157 Å². The standard InChI is InChI=1S/C20H19ClN4O/c21-17-9-5-4-8-15(17)20(26)22-19-16-12-25(13-18(16)23-24-19)11-10-14-6-2-1-3-7-14/h1-9H,10-13H2,(H2,22,23,24,26). The highest BCUT2D eigenvalue weighted by Crippen LogP contribution is 2.28. The molecule has 0 unspecified atom stereocenters. The summed E-state index contributed by atoms with van der Waals surface area (Å²) < 4.78 is 0. The van der Waals surface area contributed by atoms with Crippen molar-refractivity contribution in [3.05, 3.63) is 82.0 Å². The molecule has 3 aromatic rings. The van der Waals surface area contributed by atoms with Crippen molar-refractivity contribution in [3.8, 4) is 0 Å². The number of carbonyl (C=O) groups excluding carboxylic acids is 1. The molecule has 1 amide bonds. The maximum atomic E-state index is 12.5. The average Bonchev–Trinajstić information content (AvgIpc) is 3.23. The molecule has 2 aromatic carbocycles. The van der Waals surface area contributed by atoms with E-state index in [-0.39, 0.29) is 5.91 Å². The summed E-state index contributed by atoms with van der Waals surface area (Å²) in [5.74, 6) is 0.347. The van der Waals surface area contributed by atoms with Gasteiger partial charge in [0.15, 0.2) is 5.82 Å².